The molecule has 2 rings (SSSR count). The van der Waals surface area contributed by atoms with Crippen LogP contribution in [0, 0.1) is 0 Å². The summed E-state index contributed by atoms with van der Waals surface area (Å²) in [6.45, 7) is 3.26. The van der Waals surface area contributed by atoms with E-state index in [0.717, 1.165) is 16.5 Å². The van der Waals surface area contributed by atoms with E-state index in [9.17, 15) is 0 Å². The third-order valence-electron chi connectivity index (χ3n) is 2.66. The molecular weight excluding hydrogens is 320 g/mol. The monoisotopic (exact) mass is 336 g/mol. The molecule has 0 atom stereocenters. The lowest BCUT2D eigenvalue weighted by Crippen LogP contribution is -2.08. The van der Waals surface area contributed by atoms with E-state index in [1.54, 1.807) is 0 Å². The number of benzene rings is 1. The van der Waals surface area contributed by atoms with Crippen molar-refractivity contribution in [2.45, 2.75) is 19.9 Å². The highest BCUT2D eigenvalue weighted by atomic mass is 79.9. The summed E-state index contributed by atoms with van der Waals surface area (Å²) in [5, 5.41) is 3.19. The van der Waals surface area contributed by atoms with E-state index in [2.05, 4.69) is 31.2 Å². The minimum atomic E-state index is 0.431. The molecule has 0 spiro atoms. The van der Waals surface area contributed by atoms with Gasteiger partial charge in [0.15, 0.2) is 5.82 Å². The second kappa shape index (κ2) is 7.09. The van der Waals surface area contributed by atoms with Crippen LogP contribution in [0.25, 0.3) is 0 Å². The minimum absolute atomic E-state index is 0.431. The van der Waals surface area contributed by atoms with Gasteiger partial charge < -0.3 is 15.8 Å². The molecule has 6 heteroatoms. The molecule has 20 heavy (non-hydrogen) atoms. The Labute approximate surface area is 126 Å². The fourth-order valence-electron chi connectivity index (χ4n) is 1.62. The van der Waals surface area contributed by atoms with Crippen LogP contribution in [0.1, 0.15) is 18.9 Å². The zero-order valence-electron chi connectivity index (χ0n) is 11.3. The largest absolute Gasteiger partial charge is 0.476 e. The Kier molecular flexibility index (Phi) is 5.17. The van der Waals surface area contributed by atoms with Gasteiger partial charge >= 0.3 is 0 Å². The lowest BCUT2D eigenvalue weighted by atomic mass is 10.2. The van der Waals surface area contributed by atoms with Crippen LogP contribution < -0.4 is 15.8 Å². The smallest absolute Gasteiger partial charge is 0.242 e. The fourth-order valence-corrected chi connectivity index (χ4v) is 1.89. The third-order valence-corrected chi connectivity index (χ3v) is 3.19. The standard InChI is InChI=1S/C14H17BrN4O/c1-2-7-20-14-12(16)13(18-9-19-14)17-8-10-3-5-11(15)6-4-10/h3-6,9H,2,7-8,16H2,1H3,(H,17,18,19). The molecule has 1 heterocycles. The van der Waals surface area contributed by atoms with E-state index in [4.69, 9.17) is 10.5 Å². The number of nitrogen functional groups attached to an aromatic ring is 1. The number of hydrogen-bond donors (Lipinski definition) is 2. The summed E-state index contributed by atoms with van der Waals surface area (Å²) in [7, 11) is 0. The number of anilines is 2. The summed E-state index contributed by atoms with van der Waals surface area (Å²) in [4.78, 5) is 8.18. The Bertz CT molecular complexity index is 560. The van der Waals surface area contributed by atoms with Crippen molar-refractivity contribution in [2.75, 3.05) is 17.7 Å². The van der Waals surface area contributed by atoms with Crippen LogP contribution in [-0.4, -0.2) is 16.6 Å². The van der Waals surface area contributed by atoms with E-state index in [-0.39, 0.29) is 0 Å². The molecule has 3 N–H and O–H groups in total. The molecule has 0 unspecified atom stereocenters. The topological polar surface area (TPSA) is 73.1 Å². The number of nitrogens with two attached hydrogens (primary N) is 1. The van der Waals surface area contributed by atoms with E-state index in [0.29, 0.717) is 30.5 Å². The molecule has 1 aromatic heterocycles. The first-order valence-corrected chi connectivity index (χ1v) is 7.21. The van der Waals surface area contributed by atoms with Gasteiger partial charge in [-0.05, 0) is 24.1 Å². The molecule has 0 saturated carbocycles. The van der Waals surface area contributed by atoms with Gasteiger partial charge in [-0.25, -0.2) is 4.98 Å². The molecule has 106 valence electrons. The summed E-state index contributed by atoms with van der Waals surface area (Å²) in [5.74, 6) is 1.02. The molecule has 0 amide bonds. The second-order valence-corrected chi connectivity index (χ2v) is 5.19. The highest BCUT2D eigenvalue weighted by Gasteiger charge is 2.08. The number of ether oxygens (including phenoxy) is 1. The first kappa shape index (κ1) is 14.6. The SMILES string of the molecule is CCCOc1ncnc(NCc2ccc(Br)cc2)c1N. The lowest BCUT2D eigenvalue weighted by molar-refractivity contribution is 0.306. The zero-order chi connectivity index (χ0) is 14.4. The van der Waals surface area contributed by atoms with Crippen LogP contribution in [0.15, 0.2) is 35.1 Å². The lowest BCUT2D eigenvalue weighted by Gasteiger charge is -2.11. The second-order valence-electron chi connectivity index (χ2n) is 4.27. The van der Waals surface area contributed by atoms with Crippen LogP contribution in [0.3, 0.4) is 0 Å². The van der Waals surface area contributed by atoms with Crippen LogP contribution >= 0.6 is 15.9 Å². The summed E-state index contributed by atoms with van der Waals surface area (Å²) >= 11 is 3.41. The number of aromatic nitrogens is 2. The van der Waals surface area contributed by atoms with Crippen molar-refractivity contribution < 1.29 is 4.74 Å². The molecule has 5 nitrogen and oxygen atoms in total. The van der Waals surface area contributed by atoms with E-state index in [1.807, 2.05) is 31.2 Å². The Morgan fingerprint density at radius 2 is 2.00 bits per heavy atom. The molecule has 0 saturated heterocycles. The first-order valence-electron chi connectivity index (χ1n) is 6.42. The maximum Gasteiger partial charge on any atom is 0.242 e. The molecule has 0 aliphatic rings. The van der Waals surface area contributed by atoms with Gasteiger partial charge in [-0.3, -0.25) is 0 Å². The van der Waals surface area contributed by atoms with Gasteiger partial charge in [-0.1, -0.05) is 35.0 Å². The van der Waals surface area contributed by atoms with Crippen LogP contribution in [0.5, 0.6) is 5.88 Å². The number of rotatable bonds is 6. The van der Waals surface area contributed by atoms with Crippen LogP contribution in [-0.2, 0) is 6.54 Å². The van der Waals surface area contributed by atoms with Gasteiger partial charge in [-0.15, -0.1) is 0 Å². The molecule has 0 aliphatic heterocycles. The first-order chi connectivity index (χ1) is 9.70. The molecular formula is C14H17BrN4O. The quantitative estimate of drug-likeness (QED) is 0.847. The Balaban J connectivity index is 2.03. The van der Waals surface area contributed by atoms with Crippen molar-refractivity contribution in [2.24, 2.45) is 0 Å². The number of halogens is 1. The maximum absolute atomic E-state index is 5.99. The van der Waals surface area contributed by atoms with E-state index < -0.39 is 0 Å². The van der Waals surface area contributed by atoms with Gasteiger partial charge in [0.2, 0.25) is 5.88 Å². The van der Waals surface area contributed by atoms with Gasteiger partial charge in [0, 0.05) is 11.0 Å². The van der Waals surface area contributed by atoms with Gasteiger partial charge in [0.1, 0.15) is 12.0 Å². The Hall–Kier alpha value is -1.82. The Morgan fingerprint density at radius 3 is 2.70 bits per heavy atom. The average molecular weight is 337 g/mol. The number of nitrogens with zero attached hydrogens (tertiary/aromatic N) is 2. The van der Waals surface area contributed by atoms with Crippen LogP contribution in [0.2, 0.25) is 0 Å². The van der Waals surface area contributed by atoms with Crippen LogP contribution in [0.4, 0.5) is 11.5 Å². The predicted octanol–water partition coefficient (Wildman–Crippen LogP) is 3.22. The van der Waals surface area contributed by atoms with Gasteiger partial charge in [0.25, 0.3) is 0 Å². The highest BCUT2D eigenvalue weighted by Crippen LogP contribution is 2.25. The minimum Gasteiger partial charge on any atom is -0.476 e. The normalized spacial score (nSPS) is 10.3. The summed E-state index contributed by atoms with van der Waals surface area (Å²) in [5.41, 5.74) is 7.58. The maximum atomic E-state index is 5.99. The van der Waals surface area contributed by atoms with E-state index >= 15 is 0 Å². The molecule has 1 aromatic carbocycles. The number of nitrogens with one attached hydrogen (secondary N) is 1. The molecule has 0 radical (unpaired) electrons. The van der Waals surface area contributed by atoms with Crippen molar-refractivity contribution in [1.82, 2.24) is 9.97 Å². The zero-order valence-corrected chi connectivity index (χ0v) is 12.9. The summed E-state index contributed by atoms with van der Waals surface area (Å²) < 4.78 is 6.53. The third kappa shape index (κ3) is 3.84. The molecule has 0 fully saturated rings. The fraction of sp³-hybridized carbons (Fsp3) is 0.286. The molecule has 0 bridgehead atoms. The van der Waals surface area contributed by atoms with Crippen molar-refractivity contribution in [3.8, 4) is 5.88 Å². The van der Waals surface area contributed by atoms with Gasteiger partial charge in [-0.2, -0.15) is 4.98 Å². The summed E-state index contributed by atoms with van der Waals surface area (Å²) in [6.07, 6.45) is 2.36. The van der Waals surface area contributed by atoms with Crippen molar-refractivity contribution in [1.29, 1.82) is 0 Å². The van der Waals surface area contributed by atoms with Crippen molar-refractivity contribution >= 4 is 27.4 Å². The Morgan fingerprint density at radius 1 is 1.25 bits per heavy atom. The summed E-state index contributed by atoms with van der Waals surface area (Å²) in [6, 6.07) is 8.05. The highest BCUT2D eigenvalue weighted by molar-refractivity contribution is 9.10. The molecule has 0 aliphatic carbocycles. The van der Waals surface area contributed by atoms with Crippen molar-refractivity contribution in [3.63, 3.8) is 0 Å². The van der Waals surface area contributed by atoms with Crippen molar-refractivity contribution in [3.05, 3.63) is 40.6 Å². The van der Waals surface area contributed by atoms with Gasteiger partial charge in [0.05, 0.1) is 6.61 Å². The number of hydrogen-bond acceptors (Lipinski definition) is 5. The molecule has 2 aromatic rings. The predicted molar refractivity (Wildman–Crippen MR) is 83.7 cm³/mol. The van der Waals surface area contributed by atoms with E-state index in [1.165, 1.54) is 6.33 Å². The average Bonchev–Trinajstić information content (AvgIpc) is 2.47.